The Kier molecular flexibility index (Phi) is 7.10. The molecule has 42 heavy (non-hydrogen) atoms. The van der Waals surface area contributed by atoms with Crippen LogP contribution < -0.4 is 23.7 Å². The Balaban J connectivity index is 1.31. The van der Waals surface area contributed by atoms with E-state index in [0.717, 1.165) is 5.56 Å². The Morgan fingerprint density at radius 3 is 2.40 bits per heavy atom. The number of furan rings is 1. The number of fused-ring (bicyclic) bond motifs is 2. The molecule has 8 nitrogen and oxygen atoms in total. The molecule has 5 aromatic rings. The van der Waals surface area contributed by atoms with Crippen molar-refractivity contribution in [2.45, 2.75) is 6.92 Å². The van der Waals surface area contributed by atoms with E-state index in [-0.39, 0.29) is 28.6 Å². The first kappa shape index (κ1) is 26.7. The van der Waals surface area contributed by atoms with Gasteiger partial charge in [-0.25, -0.2) is 4.79 Å². The molecule has 0 spiro atoms. The number of ketones is 1. The summed E-state index contributed by atoms with van der Waals surface area (Å²) in [6, 6.07) is 24.6. The van der Waals surface area contributed by atoms with Crippen LogP contribution in [0.1, 0.15) is 33.2 Å². The summed E-state index contributed by atoms with van der Waals surface area (Å²) in [5.74, 6) is 1.83. The Labute approximate surface area is 241 Å². The number of carbonyl (C=O) groups is 2. The number of rotatable bonds is 8. The second-order valence-electron chi connectivity index (χ2n) is 9.36. The van der Waals surface area contributed by atoms with Crippen molar-refractivity contribution in [3.05, 3.63) is 107 Å². The van der Waals surface area contributed by atoms with Gasteiger partial charge in [0.25, 0.3) is 0 Å². The van der Waals surface area contributed by atoms with Crippen molar-refractivity contribution in [3.63, 3.8) is 0 Å². The van der Waals surface area contributed by atoms with Crippen molar-refractivity contribution in [1.82, 2.24) is 0 Å². The predicted octanol–water partition coefficient (Wildman–Crippen LogP) is 7.35. The van der Waals surface area contributed by atoms with Crippen LogP contribution in [0, 0.1) is 0 Å². The second-order valence-corrected chi connectivity index (χ2v) is 9.36. The number of Topliss-reactive ketones (excluding diaryl/α,β-unsaturated/α-hetero) is 1. The summed E-state index contributed by atoms with van der Waals surface area (Å²) >= 11 is 0. The fourth-order valence-corrected chi connectivity index (χ4v) is 4.81. The number of hydrogen-bond acceptors (Lipinski definition) is 8. The number of methoxy groups -OCH3 is 2. The molecule has 210 valence electrons. The number of allylic oxidation sites excluding steroid dienone is 1. The first-order valence-corrected chi connectivity index (χ1v) is 13.3. The van der Waals surface area contributed by atoms with Gasteiger partial charge >= 0.3 is 5.97 Å². The van der Waals surface area contributed by atoms with Crippen molar-refractivity contribution in [1.29, 1.82) is 0 Å². The van der Waals surface area contributed by atoms with Gasteiger partial charge in [-0.1, -0.05) is 36.4 Å². The third-order valence-corrected chi connectivity index (χ3v) is 6.77. The molecule has 0 aliphatic carbocycles. The van der Waals surface area contributed by atoms with Gasteiger partial charge in [-0.15, -0.1) is 0 Å². The van der Waals surface area contributed by atoms with Gasteiger partial charge in [0.2, 0.25) is 5.78 Å². The molecule has 0 amide bonds. The summed E-state index contributed by atoms with van der Waals surface area (Å²) in [5, 5.41) is 0.567. The summed E-state index contributed by atoms with van der Waals surface area (Å²) in [6.45, 7) is 2.37. The van der Waals surface area contributed by atoms with Crippen molar-refractivity contribution < 1.29 is 37.7 Å². The average molecular weight is 563 g/mol. The van der Waals surface area contributed by atoms with E-state index >= 15 is 0 Å². The van der Waals surface area contributed by atoms with Crippen molar-refractivity contribution in [3.8, 4) is 40.1 Å². The number of hydrogen-bond donors (Lipinski definition) is 0. The molecule has 0 saturated carbocycles. The second kappa shape index (κ2) is 11.2. The van der Waals surface area contributed by atoms with E-state index in [2.05, 4.69) is 0 Å². The third kappa shape index (κ3) is 4.94. The van der Waals surface area contributed by atoms with Gasteiger partial charge in [0.05, 0.1) is 26.4 Å². The molecule has 6 rings (SSSR count). The zero-order valence-corrected chi connectivity index (χ0v) is 23.1. The highest BCUT2D eigenvalue weighted by Gasteiger charge is 2.29. The third-order valence-electron chi connectivity index (χ3n) is 6.77. The molecule has 1 aromatic heterocycles. The Bertz CT molecular complexity index is 1850. The smallest absolute Gasteiger partial charge is 0.348 e. The predicted molar refractivity (Wildman–Crippen MR) is 157 cm³/mol. The van der Waals surface area contributed by atoms with Crippen LogP contribution in [0.3, 0.4) is 0 Å². The van der Waals surface area contributed by atoms with E-state index in [9.17, 15) is 9.59 Å². The van der Waals surface area contributed by atoms with Crippen molar-refractivity contribution in [2.75, 3.05) is 20.8 Å². The minimum atomic E-state index is -0.619. The summed E-state index contributed by atoms with van der Waals surface area (Å²) in [7, 11) is 3.09. The van der Waals surface area contributed by atoms with E-state index < -0.39 is 5.97 Å². The molecule has 0 N–H and O–H groups in total. The largest absolute Gasteiger partial charge is 0.494 e. The lowest BCUT2D eigenvalue weighted by Crippen LogP contribution is -2.09. The van der Waals surface area contributed by atoms with Gasteiger partial charge < -0.3 is 28.1 Å². The normalized spacial score (nSPS) is 13.1. The van der Waals surface area contributed by atoms with Crippen molar-refractivity contribution >= 4 is 28.8 Å². The van der Waals surface area contributed by atoms with Gasteiger partial charge in [0.15, 0.2) is 17.3 Å². The number of esters is 1. The number of carbonyl (C=O) groups excluding carboxylic acids is 2. The topological polar surface area (TPSA) is 93.4 Å². The van der Waals surface area contributed by atoms with Crippen LogP contribution in [0.15, 0.2) is 95.1 Å². The molecule has 0 radical (unpaired) electrons. The van der Waals surface area contributed by atoms with Gasteiger partial charge in [0, 0.05) is 17.0 Å². The molecule has 8 heteroatoms. The lowest BCUT2D eigenvalue weighted by molar-refractivity contribution is 0.0736. The molecule has 1 aliphatic rings. The first-order valence-electron chi connectivity index (χ1n) is 13.3. The highest BCUT2D eigenvalue weighted by Crippen LogP contribution is 2.39. The number of benzene rings is 4. The fourth-order valence-electron chi connectivity index (χ4n) is 4.81. The monoisotopic (exact) mass is 562 g/mol. The number of ether oxygens (including phenoxy) is 5. The van der Waals surface area contributed by atoms with Crippen LogP contribution in [0.4, 0.5) is 0 Å². The highest BCUT2D eigenvalue weighted by molar-refractivity contribution is 6.15. The minimum absolute atomic E-state index is 0.136. The van der Waals surface area contributed by atoms with Crippen LogP contribution in [-0.4, -0.2) is 32.6 Å². The van der Waals surface area contributed by atoms with Crippen LogP contribution in [0.2, 0.25) is 0 Å². The highest BCUT2D eigenvalue weighted by atomic mass is 16.5. The molecule has 0 saturated heterocycles. The average Bonchev–Trinajstić information content (AvgIpc) is 3.54. The summed E-state index contributed by atoms with van der Waals surface area (Å²) in [6.07, 6.45) is 1.62. The van der Waals surface area contributed by atoms with Crippen LogP contribution in [0.5, 0.6) is 28.7 Å². The van der Waals surface area contributed by atoms with Gasteiger partial charge in [-0.05, 0) is 61.0 Å². The van der Waals surface area contributed by atoms with Crippen LogP contribution in [-0.2, 0) is 0 Å². The fraction of sp³-hybridized carbons (Fsp3) is 0.118. The Morgan fingerprint density at radius 1 is 0.857 bits per heavy atom. The first-order chi connectivity index (χ1) is 20.5. The van der Waals surface area contributed by atoms with Crippen LogP contribution >= 0.6 is 0 Å². The molecule has 4 aromatic carbocycles. The van der Waals surface area contributed by atoms with Crippen molar-refractivity contribution in [2.24, 2.45) is 0 Å². The molecular formula is C34H26O8. The Morgan fingerprint density at radius 2 is 1.64 bits per heavy atom. The lowest BCUT2D eigenvalue weighted by atomic mass is 10.1. The molecule has 0 atom stereocenters. The van der Waals surface area contributed by atoms with E-state index in [1.165, 1.54) is 13.2 Å². The maximum Gasteiger partial charge on any atom is 0.348 e. The van der Waals surface area contributed by atoms with Crippen LogP contribution in [0.25, 0.3) is 28.4 Å². The molecular weight excluding hydrogens is 536 g/mol. The van der Waals surface area contributed by atoms with E-state index in [1.54, 1.807) is 61.7 Å². The molecule has 2 heterocycles. The van der Waals surface area contributed by atoms with Gasteiger partial charge in [-0.2, -0.15) is 0 Å². The van der Waals surface area contributed by atoms with E-state index in [4.69, 9.17) is 28.1 Å². The maximum absolute atomic E-state index is 13.7. The van der Waals surface area contributed by atoms with E-state index in [0.29, 0.717) is 51.7 Å². The standard InChI is InChI=1S/C34H26O8/c1-4-39-22-12-15-26-25(18-22)31(33(42-26)21-8-6-5-7-9-21)34(36)40-23-11-13-24-28(19-23)41-30(32(24)35)17-20-10-14-27(37-2)29(16-20)38-3/h5-19H,4H2,1-3H3/b30-17-. The zero-order valence-electron chi connectivity index (χ0n) is 23.1. The summed E-state index contributed by atoms with van der Waals surface area (Å²) in [4.78, 5) is 26.7. The molecule has 0 unspecified atom stereocenters. The molecule has 0 bridgehead atoms. The summed E-state index contributed by atoms with van der Waals surface area (Å²) in [5.41, 5.74) is 2.58. The minimum Gasteiger partial charge on any atom is -0.494 e. The van der Waals surface area contributed by atoms with E-state index in [1.807, 2.05) is 37.3 Å². The maximum atomic E-state index is 13.7. The SMILES string of the molecule is CCOc1ccc2oc(-c3ccccc3)c(C(=O)Oc3ccc4c(c3)O/C(=C\c3ccc(OC)c(OC)c3)C4=O)c2c1. The van der Waals surface area contributed by atoms with Gasteiger partial charge in [0.1, 0.15) is 34.2 Å². The molecule has 0 fully saturated rings. The zero-order chi connectivity index (χ0) is 29.2. The van der Waals surface area contributed by atoms with Gasteiger partial charge in [-0.3, -0.25) is 4.79 Å². The molecule has 1 aliphatic heterocycles. The quantitative estimate of drug-likeness (QED) is 0.110. The lowest BCUT2D eigenvalue weighted by Gasteiger charge is -2.08. The Hall–Kier alpha value is -5.50. The summed E-state index contributed by atoms with van der Waals surface area (Å²) < 4.78 is 34.1.